The molecule has 0 unspecified atom stereocenters. The van der Waals surface area contributed by atoms with E-state index in [9.17, 15) is 4.79 Å². The molecule has 0 spiro atoms. The van der Waals surface area contributed by atoms with E-state index in [0.29, 0.717) is 6.42 Å². The molecule has 1 aliphatic rings. The van der Waals surface area contributed by atoms with E-state index in [-0.39, 0.29) is 18.2 Å². The van der Waals surface area contributed by atoms with Gasteiger partial charge in [0.1, 0.15) is 5.65 Å². The number of hydrogen-bond donors (Lipinski definition) is 0. The number of carbonyl (C=O) groups is 1. The molecule has 0 N–H and O–H groups in total. The van der Waals surface area contributed by atoms with Gasteiger partial charge >= 0.3 is 0 Å². The van der Waals surface area contributed by atoms with Crippen LogP contribution in [0.4, 0.5) is 0 Å². The lowest BCUT2D eigenvalue weighted by Crippen LogP contribution is -2.38. The van der Waals surface area contributed by atoms with Crippen LogP contribution in [0.2, 0.25) is 0 Å². The van der Waals surface area contributed by atoms with Crippen LogP contribution in [0.3, 0.4) is 0 Å². The number of aryl methyl sites for hydroxylation is 1. The van der Waals surface area contributed by atoms with Crippen molar-refractivity contribution in [2.75, 3.05) is 32.8 Å². The summed E-state index contributed by atoms with van der Waals surface area (Å²) in [7, 11) is 0. The number of halogens is 1. The van der Waals surface area contributed by atoms with Gasteiger partial charge in [-0.1, -0.05) is 26.0 Å². The van der Waals surface area contributed by atoms with Crippen molar-refractivity contribution in [2.45, 2.75) is 33.2 Å². The third kappa shape index (κ3) is 3.49. The zero-order chi connectivity index (χ0) is 18.1. The molecule has 0 saturated carbocycles. The van der Waals surface area contributed by atoms with Crippen molar-refractivity contribution < 1.29 is 9.53 Å². The predicted molar refractivity (Wildman–Crippen MR) is 109 cm³/mol. The molecule has 146 valence electrons. The molecule has 4 rings (SSSR count). The van der Waals surface area contributed by atoms with E-state index in [2.05, 4.69) is 34.6 Å². The molecule has 0 radical (unpaired) electrons. The number of benzene rings is 1. The summed E-state index contributed by atoms with van der Waals surface area (Å²) in [4.78, 5) is 15.1. The number of Topliss-reactive ketones (excluding diaryl/α,β-unsaturated/α-hetero) is 1. The third-order valence-corrected chi connectivity index (χ3v) is 5.27. The Morgan fingerprint density at radius 2 is 1.81 bits per heavy atom. The Bertz CT molecular complexity index is 940. The van der Waals surface area contributed by atoms with Crippen molar-refractivity contribution in [1.29, 1.82) is 0 Å². The van der Waals surface area contributed by atoms with Gasteiger partial charge in [0.2, 0.25) is 0 Å². The second-order valence-electron chi connectivity index (χ2n) is 6.78. The van der Waals surface area contributed by atoms with E-state index in [1.807, 2.05) is 17.5 Å². The average molecular weight is 391 g/mol. The highest BCUT2D eigenvalue weighted by molar-refractivity contribution is 6.04. The van der Waals surface area contributed by atoms with E-state index < -0.39 is 0 Å². The fourth-order valence-electron chi connectivity index (χ4n) is 3.86. The Balaban J connectivity index is 0.00000210. The topological polar surface area (TPSA) is 51.8 Å². The summed E-state index contributed by atoms with van der Waals surface area (Å²) in [5, 5.41) is 4.79. The number of aromatic nitrogens is 3. The highest BCUT2D eigenvalue weighted by atomic mass is 35.5. The van der Waals surface area contributed by atoms with Crippen LogP contribution in [0, 0.1) is 0 Å². The molecule has 6 nitrogen and oxygen atoms in total. The van der Waals surface area contributed by atoms with Crippen molar-refractivity contribution in [3.8, 4) is 0 Å². The highest BCUT2D eigenvalue weighted by Crippen LogP contribution is 2.27. The van der Waals surface area contributed by atoms with Gasteiger partial charge in [-0.05, 0) is 18.6 Å². The number of morpholine rings is 1. The molecule has 3 aromatic rings. The maximum atomic E-state index is 12.7. The summed E-state index contributed by atoms with van der Waals surface area (Å²) in [6, 6.07) is 8.28. The zero-order valence-electron chi connectivity index (χ0n) is 16.0. The lowest BCUT2D eigenvalue weighted by atomic mass is 10.1. The molecule has 2 aromatic heterocycles. The average Bonchev–Trinajstić information content (AvgIpc) is 3.21. The second-order valence-corrected chi connectivity index (χ2v) is 6.78. The molecule has 0 atom stereocenters. The van der Waals surface area contributed by atoms with Gasteiger partial charge in [-0.15, -0.1) is 12.4 Å². The molecule has 0 bridgehead atoms. The molecular weight excluding hydrogens is 364 g/mol. The maximum absolute atomic E-state index is 12.7. The van der Waals surface area contributed by atoms with Crippen LogP contribution >= 0.6 is 12.4 Å². The quantitative estimate of drug-likeness (QED) is 0.606. The van der Waals surface area contributed by atoms with Gasteiger partial charge in [0.15, 0.2) is 5.78 Å². The molecule has 1 aliphatic heterocycles. The number of ether oxygens (including phenoxy) is 1. The smallest absolute Gasteiger partial charge is 0.168 e. The Labute approximate surface area is 165 Å². The molecular formula is C20H27ClN4O2. The summed E-state index contributed by atoms with van der Waals surface area (Å²) < 4.78 is 9.70. The van der Waals surface area contributed by atoms with E-state index in [1.165, 1.54) is 0 Å². The van der Waals surface area contributed by atoms with Crippen LogP contribution in [-0.4, -0.2) is 57.7 Å². The van der Waals surface area contributed by atoms with E-state index in [4.69, 9.17) is 9.84 Å². The van der Waals surface area contributed by atoms with Crippen LogP contribution in [0.5, 0.6) is 0 Å². The number of nitrogens with zero attached hydrogens (tertiary/aromatic N) is 4. The normalized spacial score (nSPS) is 15.3. The Morgan fingerprint density at radius 3 is 2.48 bits per heavy atom. The van der Waals surface area contributed by atoms with Crippen molar-refractivity contribution in [3.63, 3.8) is 0 Å². The summed E-state index contributed by atoms with van der Waals surface area (Å²) in [5.41, 5.74) is 4.85. The second kappa shape index (κ2) is 8.42. The summed E-state index contributed by atoms with van der Waals surface area (Å²) in [5.74, 6) is 0.173. The first-order valence-corrected chi connectivity index (χ1v) is 9.56. The van der Waals surface area contributed by atoms with Gasteiger partial charge in [0, 0.05) is 32.6 Å². The number of imidazole rings is 1. The van der Waals surface area contributed by atoms with Crippen LogP contribution in [0.1, 0.15) is 36.3 Å². The van der Waals surface area contributed by atoms with Crippen molar-refractivity contribution >= 4 is 34.9 Å². The van der Waals surface area contributed by atoms with Gasteiger partial charge in [0.05, 0.1) is 35.5 Å². The van der Waals surface area contributed by atoms with Crippen LogP contribution in [0.15, 0.2) is 24.3 Å². The first kappa shape index (κ1) is 19.9. The minimum absolute atomic E-state index is 0. The van der Waals surface area contributed by atoms with Crippen molar-refractivity contribution in [2.24, 2.45) is 0 Å². The van der Waals surface area contributed by atoms with Gasteiger partial charge < -0.3 is 9.30 Å². The van der Waals surface area contributed by atoms with Gasteiger partial charge in [-0.3, -0.25) is 9.69 Å². The number of rotatable bonds is 6. The number of fused-ring (bicyclic) bond motifs is 3. The van der Waals surface area contributed by atoms with Crippen LogP contribution in [-0.2, 0) is 17.7 Å². The van der Waals surface area contributed by atoms with Gasteiger partial charge in [-0.25, -0.2) is 4.52 Å². The first-order valence-electron chi connectivity index (χ1n) is 9.56. The van der Waals surface area contributed by atoms with E-state index in [1.54, 1.807) is 0 Å². The fourth-order valence-corrected chi connectivity index (χ4v) is 3.86. The first-order chi connectivity index (χ1) is 12.7. The number of carbonyl (C=O) groups excluding carboxylic acids is 1. The van der Waals surface area contributed by atoms with Gasteiger partial charge in [0.25, 0.3) is 0 Å². The van der Waals surface area contributed by atoms with E-state index in [0.717, 1.165) is 73.8 Å². The van der Waals surface area contributed by atoms with Crippen LogP contribution < -0.4 is 0 Å². The number of hydrogen-bond acceptors (Lipinski definition) is 4. The summed E-state index contributed by atoms with van der Waals surface area (Å²) in [6.45, 7) is 9.31. The molecule has 1 saturated heterocycles. The standard InChI is InChI=1S/C20H26N4O2.ClH/c1-3-15-19(18(25)4-2)20-23(10-9-22-11-13-26-14-12-22)16-7-5-6-8-17(16)24(20)21-15;/h5-8H,3-4,9-14H2,1-2H3;1H. The molecule has 3 heterocycles. The lowest BCUT2D eigenvalue weighted by molar-refractivity contribution is 0.0366. The van der Waals surface area contributed by atoms with E-state index >= 15 is 0 Å². The van der Waals surface area contributed by atoms with Gasteiger partial charge in [-0.2, -0.15) is 5.10 Å². The lowest BCUT2D eigenvalue weighted by Gasteiger charge is -2.26. The van der Waals surface area contributed by atoms with Crippen molar-refractivity contribution in [3.05, 3.63) is 35.5 Å². The fraction of sp³-hybridized carbons (Fsp3) is 0.500. The Kier molecular flexibility index (Phi) is 6.19. The molecule has 1 fully saturated rings. The summed E-state index contributed by atoms with van der Waals surface area (Å²) >= 11 is 0. The van der Waals surface area contributed by atoms with Crippen molar-refractivity contribution in [1.82, 2.24) is 19.1 Å². The number of para-hydroxylation sites is 2. The molecule has 7 heteroatoms. The predicted octanol–water partition coefficient (Wildman–Crippen LogP) is 3.20. The minimum Gasteiger partial charge on any atom is -0.379 e. The largest absolute Gasteiger partial charge is 0.379 e. The zero-order valence-corrected chi connectivity index (χ0v) is 16.8. The summed E-state index contributed by atoms with van der Waals surface area (Å²) in [6.07, 6.45) is 1.26. The Morgan fingerprint density at radius 1 is 1.11 bits per heavy atom. The molecule has 0 amide bonds. The SMILES string of the molecule is CCC(=O)c1c(CC)nn2c3ccccc3n(CCN3CCOCC3)c12.Cl. The molecule has 27 heavy (non-hydrogen) atoms. The maximum Gasteiger partial charge on any atom is 0.168 e. The minimum atomic E-state index is 0. The van der Waals surface area contributed by atoms with Crippen LogP contribution in [0.25, 0.3) is 16.7 Å². The highest BCUT2D eigenvalue weighted by Gasteiger charge is 2.24. The molecule has 1 aromatic carbocycles. The number of ketones is 1. The molecule has 0 aliphatic carbocycles. The Hall–Kier alpha value is -1.89. The monoisotopic (exact) mass is 390 g/mol. The third-order valence-electron chi connectivity index (χ3n) is 5.27.